The molecule has 0 aliphatic carbocycles. The molecule has 0 saturated carbocycles. The zero-order chi connectivity index (χ0) is 98.9. The van der Waals surface area contributed by atoms with Gasteiger partial charge in [-0.3, -0.25) is 101 Å². The Labute approximate surface area is 769 Å². The highest BCUT2D eigenvalue weighted by Crippen LogP contribution is 2.26. The molecule has 0 spiro atoms. The minimum absolute atomic E-state index is 0.0667. The number of aliphatic hydroxyl groups is 4. The van der Waals surface area contributed by atoms with Crippen LogP contribution < -0.4 is 85.5 Å². The number of aliphatic carboxylic acids is 3. The summed E-state index contributed by atoms with van der Waals surface area (Å²) in [5.41, 5.74) is 6.57. The Hall–Kier alpha value is -12.5. The third kappa shape index (κ3) is 38.5. The number of thioether (sulfide) groups is 1. The largest absolute Gasteiger partial charge is 0.508 e. The second kappa shape index (κ2) is 56.3. The van der Waals surface area contributed by atoms with Gasteiger partial charge in [-0.1, -0.05) is 108 Å². The van der Waals surface area contributed by atoms with Crippen molar-refractivity contribution < 1.29 is 137 Å². The van der Waals surface area contributed by atoms with E-state index in [9.17, 15) is 137 Å². The molecule has 0 radical (unpaired) electrons. The van der Waals surface area contributed by atoms with Crippen molar-refractivity contribution in [1.29, 1.82) is 0 Å². The summed E-state index contributed by atoms with van der Waals surface area (Å²) in [6, 6.07) is -4.58. The Morgan fingerprint density at radius 2 is 0.864 bits per heavy atom. The lowest BCUT2D eigenvalue weighted by Gasteiger charge is -2.30. The lowest BCUT2D eigenvalue weighted by atomic mass is 9.96. The maximum atomic E-state index is 14.6. The third-order valence-corrected chi connectivity index (χ3v) is 21.6. The summed E-state index contributed by atoms with van der Waals surface area (Å²) in [5.74, 6) is -24.8. The molecular weight excluding hydrogens is 1770 g/mol. The number of hydrogen-bond donors (Lipinski definition) is 24. The number of benzene rings is 3. The number of hydrogen-bond acceptors (Lipinski definition) is 27. The number of carboxylic acids is 3. The van der Waals surface area contributed by atoms with Gasteiger partial charge < -0.3 is 126 Å². The number of unbranched alkanes of at least 4 members (excludes halogenated alkanes) is 1. The lowest BCUT2D eigenvalue weighted by molar-refractivity contribution is -0.142. The lowest BCUT2D eigenvalue weighted by Crippen LogP contribution is -2.63. The Kier molecular flexibility index (Phi) is 47.7. The van der Waals surface area contributed by atoms with E-state index in [1.165, 1.54) is 61.5 Å². The summed E-state index contributed by atoms with van der Waals surface area (Å²) in [4.78, 5) is 271. The van der Waals surface area contributed by atoms with E-state index in [-0.39, 0.29) is 72.3 Å². The molecule has 132 heavy (non-hydrogen) atoms. The van der Waals surface area contributed by atoms with Gasteiger partial charge in [-0.15, -0.1) is 11.8 Å². The Bertz CT molecular complexity index is 4530. The van der Waals surface area contributed by atoms with Crippen LogP contribution in [0.15, 0.2) is 72.8 Å². The minimum Gasteiger partial charge on any atom is -0.508 e. The Morgan fingerprint density at radius 1 is 0.432 bits per heavy atom. The van der Waals surface area contributed by atoms with Crippen molar-refractivity contribution in [2.75, 3.05) is 50.9 Å². The number of nitrogens with one attached hydrogen (secondary N) is 15. The quantitative estimate of drug-likeness (QED) is 0.0186. The fourth-order valence-electron chi connectivity index (χ4n) is 13.2. The van der Waals surface area contributed by atoms with Crippen LogP contribution in [0.1, 0.15) is 158 Å². The molecule has 3 aromatic carbocycles. The molecule has 0 unspecified atom stereocenters. The molecule has 17 amide bonds. The molecular formula is C85H122ClN17O28S. The summed E-state index contributed by atoms with van der Waals surface area (Å²) in [6.07, 6.45) is -6.02. The number of carboxylic acid groups (broad SMARTS) is 3. The first-order valence-electron chi connectivity index (χ1n) is 42.7. The number of imide groups is 1. The van der Waals surface area contributed by atoms with Crippen LogP contribution in [0, 0.1) is 17.8 Å². The van der Waals surface area contributed by atoms with Gasteiger partial charge >= 0.3 is 17.9 Å². The first-order chi connectivity index (χ1) is 62.2. The third-order valence-electron chi connectivity index (χ3n) is 20.5. The molecule has 1 heterocycles. The molecule has 728 valence electrons. The van der Waals surface area contributed by atoms with Crippen molar-refractivity contribution in [3.8, 4) is 5.75 Å². The fraction of sp³-hybridized carbons (Fsp3) is 0.553. The molecule has 0 aromatic heterocycles. The van der Waals surface area contributed by atoms with Crippen molar-refractivity contribution in [2.45, 2.75) is 230 Å². The molecule has 0 fully saturated rings. The maximum absolute atomic E-state index is 14.6. The van der Waals surface area contributed by atoms with E-state index in [0.29, 0.717) is 36.9 Å². The molecule has 0 saturated heterocycles. The molecule has 1 aliphatic heterocycles. The number of amides is 17. The van der Waals surface area contributed by atoms with E-state index >= 15 is 0 Å². The summed E-state index contributed by atoms with van der Waals surface area (Å²) in [6.45, 7) is 10.1. The van der Waals surface area contributed by atoms with E-state index in [4.69, 9.17) is 17.3 Å². The van der Waals surface area contributed by atoms with Gasteiger partial charge in [0.05, 0.1) is 67.4 Å². The predicted molar refractivity (Wildman–Crippen MR) is 473 cm³/mol. The molecule has 25 N–H and O–H groups in total. The fourth-order valence-corrected chi connectivity index (χ4v) is 14.1. The molecule has 4 rings (SSSR count). The molecule has 45 nitrogen and oxygen atoms in total. The number of nitrogens with zero attached hydrogens (tertiary/aromatic N) is 1. The van der Waals surface area contributed by atoms with Gasteiger partial charge in [0.25, 0.3) is 11.8 Å². The van der Waals surface area contributed by atoms with Crippen LogP contribution in [-0.4, -0.2) is 306 Å². The van der Waals surface area contributed by atoms with Gasteiger partial charge in [-0.2, -0.15) is 0 Å². The average Bonchev–Trinajstić information content (AvgIpc) is 1.63. The minimum atomic E-state index is -2.15. The first-order valence-corrected chi connectivity index (χ1v) is 44.2. The number of phenols is 1. The van der Waals surface area contributed by atoms with Gasteiger partial charge in [0.2, 0.25) is 88.6 Å². The second-order valence-corrected chi connectivity index (χ2v) is 33.9. The number of halogens is 1. The van der Waals surface area contributed by atoms with Crippen molar-refractivity contribution in [1.82, 2.24) is 84.7 Å². The summed E-state index contributed by atoms with van der Waals surface area (Å²) in [5, 5.41) is 118. The van der Waals surface area contributed by atoms with Crippen LogP contribution in [0.5, 0.6) is 5.75 Å². The first kappa shape index (κ1) is 112. The standard InChI is InChI=1S/C85H122ClN17O28S/c1-10-44(6)69(81(127)96-57(33-49-19-22-51(108)23-20-49)76(122)92-55(30-42(2)3)74(120)94-59(35-67(114)115)73(119)90-45(7)16-14-15-27-87)101-80(126)62(39-105)98-75(121)56(31-43(4)5)93-77(123)60(36-68(116)117)95-79(125)61(38-104)99-83(129)71(47(9)107)102-78(124)58(32-48-17-12-11-13-18-48)97-82(128)70(46(8)106)100-63(109)37-89-72(118)54(25-26-66(112)113)91-65(111)41-132-40-64(110)88-28-29-103-84(130)52-24-21-50(86)34-53(52)85(103)131/h11-13,17-24,34,42-47,54-62,69-71,104-108H,10,14-16,25-33,35-41,87H2,1-9H3,(H,88,110)(H,89,118)(H,90,119)(H,91,111)(H,92,122)(H,93,123)(H,94,120)(H,95,125)(H,96,127)(H,97,128)(H,98,121)(H,99,129)(H,100,109)(H,101,126)(H,102,124)(H,112,113)(H,114,115)(H,116,117)/t44-,45+,46+,47+,54-,55-,56-,57-,58-,59-,60-,61-,62-,69-,70-,71-/m0/s1. The van der Waals surface area contributed by atoms with E-state index in [0.717, 1.165) is 30.5 Å². The van der Waals surface area contributed by atoms with E-state index in [1.807, 2.05) is 0 Å². The molecule has 16 atom stereocenters. The number of carbonyl (C=O) groups is 20. The summed E-state index contributed by atoms with van der Waals surface area (Å²) >= 11 is 6.74. The molecule has 47 heteroatoms. The van der Waals surface area contributed by atoms with Gasteiger partial charge in [-0.25, -0.2) is 0 Å². The van der Waals surface area contributed by atoms with Gasteiger partial charge in [-0.05, 0) is 119 Å². The van der Waals surface area contributed by atoms with Crippen LogP contribution >= 0.6 is 23.4 Å². The van der Waals surface area contributed by atoms with Crippen molar-refractivity contribution in [3.63, 3.8) is 0 Å². The molecule has 3 aromatic rings. The number of fused-ring (bicyclic) bond motifs is 1. The number of aliphatic hydroxyl groups excluding tert-OH is 4. The SMILES string of the molecule is CC[C@H](C)[C@H](NC(=O)[C@H](CO)NC(=O)[C@H](CC(C)C)NC(=O)[C@H](CC(=O)O)NC(=O)[C@H](CO)NC(=O)[C@@H](NC(=O)[C@H](Cc1ccccc1)NC(=O)[C@@H](NC(=O)CNC(=O)[C@H](CCC(=O)O)NC(=O)CSCC(=O)NCCN1C(=O)c2ccc(Cl)cc2C1=O)[C@@H](C)O)[C@@H](C)O)C(=O)N[C@@H](Cc1ccc(O)cc1)C(=O)N[C@@H](CC(C)C)C(=O)N[C@@H](CC(=O)O)C(=O)N[C@H](C)CCCCN. The maximum Gasteiger partial charge on any atom is 0.305 e. The number of aromatic hydroxyl groups is 1. The molecule has 0 bridgehead atoms. The number of phenolic OH excluding ortho intramolecular Hbond substituents is 1. The van der Waals surface area contributed by atoms with Crippen LogP contribution in [-0.2, 0) is 99.1 Å². The van der Waals surface area contributed by atoms with Crippen molar-refractivity contribution in [3.05, 3.63) is 100 Å². The van der Waals surface area contributed by atoms with Crippen LogP contribution in [0.25, 0.3) is 0 Å². The Morgan fingerprint density at radius 3 is 1.36 bits per heavy atom. The van der Waals surface area contributed by atoms with E-state index in [2.05, 4.69) is 79.8 Å². The number of carbonyl (C=O) groups excluding carboxylic acids is 17. The molecule has 1 aliphatic rings. The van der Waals surface area contributed by atoms with Gasteiger partial charge in [0.1, 0.15) is 78.3 Å². The zero-order valence-corrected chi connectivity index (χ0v) is 76.1. The summed E-state index contributed by atoms with van der Waals surface area (Å²) in [7, 11) is 0. The van der Waals surface area contributed by atoms with Crippen molar-refractivity contribution in [2.24, 2.45) is 23.5 Å². The van der Waals surface area contributed by atoms with Crippen LogP contribution in [0.2, 0.25) is 5.02 Å². The van der Waals surface area contributed by atoms with Crippen LogP contribution in [0.4, 0.5) is 0 Å². The van der Waals surface area contributed by atoms with Gasteiger partial charge in [0, 0.05) is 43.4 Å². The zero-order valence-electron chi connectivity index (χ0n) is 74.5. The number of nitrogens with two attached hydrogens (primary N) is 1. The smallest absolute Gasteiger partial charge is 0.305 e. The highest BCUT2D eigenvalue weighted by molar-refractivity contribution is 8.00. The van der Waals surface area contributed by atoms with Crippen LogP contribution in [0.3, 0.4) is 0 Å². The highest BCUT2D eigenvalue weighted by atomic mass is 35.5. The Balaban J connectivity index is 1.46. The normalized spacial score (nSPS) is 15.3. The van der Waals surface area contributed by atoms with Crippen molar-refractivity contribution >= 4 is 142 Å². The van der Waals surface area contributed by atoms with E-state index in [1.54, 1.807) is 59.7 Å². The summed E-state index contributed by atoms with van der Waals surface area (Å²) < 4.78 is 0. The second-order valence-electron chi connectivity index (χ2n) is 32.5. The topological polar surface area (TPSA) is 713 Å². The van der Waals surface area contributed by atoms with E-state index < -0.39 is 279 Å². The monoisotopic (exact) mass is 1900 g/mol. The number of rotatable bonds is 59. The predicted octanol–water partition coefficient (Wildman–Crippen LogP) is -4.76. The van der Waals surface area contributed by atoms with Gasteiger partial charge in [0.15, 0.2) is 0 Å². The average molecular weight is 1900 g/mol. The highest BCUT2D eigenvalue weighted by Gasteiger charge is 2.41.